The second kappa shape index (κ2) is 5.65. The lowest BCUT2D eigenvalue weighted by atomic mass is 10.0. The normalized spacial score (nSPS) is 26.1. The van der Waals surface area contributed by atoms with Crippen LogP contribution in [0, 0.1) is 0 Å². The minimum absolute atomic E-state index is 0.0535. The molecule has 1 aromatic rings. The Morgan fingerprint density at radius 3 is 2.80 bits per heavy atom. The van der Waals surface area contributed by atoms with Crippen molar-refractivity contribution in [3.8, 4) is 0 Å². The van der Waals surface area contributed by atoms with Crippen molar-refractivity contribution in [2.24, 2.45) is 5.10 Å². The van der Waals surface area contributed by atoms with Crippen LogP contribution in [0.3, 0.4) is 0 Å². The molecule has 0 aromatic heterocycles. The van der Waals surface area contributed by atoms with E-state index in [1.807, 2.05) is 29.3 Å². The van der Waals surface area contributed by atoms with Gasteiger partial charge in [0.2, 0.25) is 0 Å². The number of hydrazone groups is 1. The van der Waals surface area contributed by atoms with Crippen LogP contribution in [-0.2, 0) is 0 Å². The second-order valence-corrected chi connectivity index (χ2v) is 5.63. The molecular weight excluding hydrogens is 250 g/mol. The van der Waals surface area contributed by atoms with Crippen LogP contribution in [0.4, 0.5) is 4.79 Å². The fourth-order valence-electron chi connectivity index (χ4n) is 3.06. The first kappa shape index (κ1) is 13.2. The fourth-order valence-corrected chi connectivity index (χ4v) is 3.06. The highest BCUT2D eigenvalue weighted by atomic mass is 16.2. The van der Waals surface area contributed by atoms with Crippen LogP contribution in [0.2, 0.25) is 0 Å². The van der Waals surface area contributed by atoms with Gasteiger partial charge in [0.25, 0.3) is 0 Å². The number of urea groups is 1. The molecule has 2 aliphatic rings. The third-order valence-corrected chi connectivity index (χ3v) is 4.26. The number of carbonyl (C=O) groups is 1. The molecular formula is C16H21N3O. The Kier molecular flexibility index (Phi) is 3.72. The van der Waals surface area contributed by atoms with Crippen LogP contribution >= 0.6 is 0 Å². The van der Waals surface area contributed by atoms with Crippen LogP contribution in [0.5, 0.6) is 0 Å². The summed E-state index contributed by atoms with van der Waals surface area (Å²) in [7, 11) is 0. The van der Waals surface area contributed by atoms with Gasteiger partial charge in [-0.2, -0.15) is 5.10 Å². The number of nitrogens with zero attached hydrogens (tertiary/aromatic N) is 3. The van der Waals surface area contributed by atoms with Gasteiger partial charge in [-0.05, 0) is 31.7 Å². The van der Waals surface area contributed by atoms with E-state index in [1.165, 1.54) is 6.42 Å². The van der Waals surface area contributed by atoms with Crippen molar-refractivity contribution in [3.63, 3.8) is 0 Å². The average molecular weight is 271 g/mol. The van der Waals surface area contributed by atoms with Gasteiger partial charge in [-0.3, -0.25) is 0 Å². The van der Waals surface area contributed by atoms with E-state index >= 15 is 0 Å². The fraction of sp³-hybridized carbons (Fsp3) is 0.500. The summed E-state index contributed by atoms with van der Waals surface area (Å²) in [5.74, 6) is 0. The highest BCUT2D eigenvalue weighted by Crippen LogP contribution is 2.30. The lowest BCUT2D eigenvalue weighted by Gasteiger charge is -2.36. The van der Waals surface area contributed by atoms with Gasteiger partial charge in [0.05, 0.1) is 6.04 Å². The maximum absolute atomic E-state index is 12.7. The zero-order chi connectivity index (χ0) is 13.9. The molecule has 20 heavy (non-hydrogen) atoms. The summed E-state index contributed by atoms with van der Waals surface area (Å²) in [4.78, 5) is 14.7. The Morgan fingerprint density at radius 1 is 1.25 bits per heavy atom. The summed E-state index contributed by atoms with van der Waals surface area (Å²) in [5, 5.41) is 5.98. The molecule has 1 aromatic carbocycles. The Bertz CT molecular complexity index is 500. The molecule has 0 saturated carbocycles. The molecule has 2 heterocycles. The number of rotatable bonds is 1. The number of amides is 2. The summed E-state index contributed by atoms with van der Waals surface area (Å²) < 4.78 is 0. The molecule has 1 saturated heterocycles. The molecule has 2 amide bonds. The topological polar surface area (TPSA) is 35.9 Å². The van der Waals surface area contributed by atoms with Gasteiger partial charge in [-0.15, -0.1) is 0 Å². The minimum atomic E-state index is 0.0535. The first-order valence-corrected chi connectivity index (χ1v) is 7.44. The zero-order valence-corrected chi connectivity index (χ0v) is 11.9. The summed E-state index contributed by atoms with van der Waals surface area (Å²) in [6, 6.07) is 10.6. The van der Waals surface area contributed by atoms with Crippen molar-refractivity contribution in [1.82, 2.24) is 9.91 Å². The Balaban J connectivity index is 1.78. The van der Waals surface area contributed by atoms with E-state index in [4.69, 9.17) is 0 Å². The first-order valence-electron chi connectivity index (χ1n) is 7.44. The highest BCUT2D eigenvalue weighted by molar-refractivity contribution is 5.78. The van der Waals surface area contributed by atoms with Gasteiger partial charge in [-0.1, -0.05) is 30.3 Å². The molecule has 2 atom stereocenters. The Hall–Kier alpha value is -1.84. The SMILES string of the molecule is CC1CCCCN1C(=O)N1N=CCC1c1ccccc1. The molecule has 4 heteroatoms. The molecule has 2 aliphatic heterocycles. The van der Waals surface area contributed by atoms with Crippen molar-refractivity contribution in [3.05, 3.63) is 35.9 Å². The van der Waals surface area contributed by atoms with Crippen molar-refractivity contribution < 1.29 is 4.79 Å². The van der Waals surface area contributed by atoms with Gasteiger partial charge in [0.15, 0.2) is 0 Å². The van der Waals surface area contributed by atoms with E-state index in [0.29, 0.717) is 6.04 Å². The van der Waals surface area contributed by atoms with Crippen LogP contribution in [0.25, 0.3) is 0 Å². The first-order chi connectivity index (χ1) is 9.77. The monoisotopic (exact) mass is 271 g/mol. The molecule has 2 unspecified atom stereocenters. The molecule has 0 N–H and O–H groups in total. The molecule has 0 spiro atoms. The Morgan fingerprint density at radius 2 is 2.05 bits per heavy atom. The molecule has 1 fully saturated rings. The molecule has 0 aliphatic carbocycles. The number of piperidine rings is 1. The molecule has 0 radical (unpaired) electrons. The molecule has 106 valence electrons. The summed E-state index contributed by atoms with van der Waals surface area (Å²) >= 11 is 0. The van der Waals surface area contributed by atoms with Crippen LogP contribution in [0.15, 0.2) is 35.4 Å². The van der Waals surface area contributed by atoms with Crippen LogP contribution in [-0.4, -0.2) is 34.7 Å². The quantitative estimate of drug-likeness (QED) is 0.771. The second-order valence-electron chi connectivity index (χ2n) is 5.63. The predicted octanol–water partition coefficient (Wildman–Crippen LogP) is 3.41. The maximum Gasteiger partial charge on any atom is 0.341 e. The zero-order valence-electron chi connectivity index (χ0n) is 11.9. The van der Waals surface area contributed by atoms with E-state index < -0.39 is 0 Å². The molecule has 3 rings (SSSR count). The summed E-state index contributed by atoms with van der Waals surface area (Å²) in [5.41, 5.74) is 1.16. The van der Waals surface area contributed by atoms with E-state index in [9.17, 15) is 4.79 Å². The Labute approximate surface area is 120 Å². The summed E-state index contributed by atoms with van der Waals surface area (Å²) in [6.45, 7) is 2.99. The number of likely N-dealkylation sites (tertiary alicyclic amines) is 1. The summed E-state index contributed by atoms with van der Waals surface area (Å²) in [6.07, 6.45) is 6.07. The van der Waals surface area contributed by atoms with Gasteiger partial charge in [0.1, 0.15) is 0 Å². The predicted molar refractivity (Wildman–Crippen MR) is 79.5 cm³/mol. The third kappa shape index (κ3) is 2.42. The lowest BCUT2D eigenvalue weighted by Crippen LogP contribution is -2.47. The van der Waals surface area contributed by atoms with Crippen LogP contribution in [0.1, 0.15) is 44.2 Å². The third-order valence-electron chi connectivity index (χ3n) is 4.26. The van der Waals surface area contributed by atoms with Gasteiger partial charge < -0.3 is 4.90 Å². The molecule has 0 bridgehead atoms. The van der Waals surface area contributed by atoms with E-state index in [1.54, 1.807) is 5.01 Å². The standard InChI is InChI=1S/C16H21N3O/c1-13-7-5-6-12-18(13)16(20)19-15(10-11-17-19)14-8-3-2-4-9-14/h2-4,8-9,11,13,15H,5-7,10,12H2,1H3. The largest absolute Gasteiger partial charge is 0.341 e. The van der Waals surface area contributed by atoms with Crippen molar-refractivity contribution >= 4 is 12.2 Å². The average Bonchev–Trinajstić information content (AvgIpc) is 2.97. The number of benzene rings is 1. The van der Waals surface area contributed by atoms with Gasteiger partial charge in [-0.25, -0.2) is 9.80 Å². The van der Waals surface area contributed by atoms with Gasteiger partial charge >= 0.3 is 6.03 Å². The van der Waals surface area contributed by atoms with E-state index in [2.05, 4.69) is 24.2 Å². The van der Waals surface area contributed by atoms with Crippen molar-refractivity contribution in [1.29, 1.82) is 0 Å². The van der Waals surface area contributed by atoms with E-state index in [0.717, 1.165) is 31.4 Å². The number of hydrogen-bond acceptors (Lipinski definition) is 2. The lowest BCUT2D eigenvalue weighted by molar-refractivity contribution is 0.112. The maximum atomic E-state index is 12.7. The number of hydrogen-bond donors (Lipinski definition) is 0. The van der Waals surface area contributed by atoms with Crippen molar-refractivity contribution in [2.45, 2.75) is 44.7 Å². The van der Waals surface area contributed by atoms with Gasteiger partial charge in [0, 0.05) is 25.2 Å². The highest BCUT2D eigenvalue weighted by Gasteiger charge is 2.34. The minimum Gasteiger partial charge on any atom is -0.320 e. The smallest absolute Gasteiger partial charge is 0.320 e. The van der Waals surface area contributed by atoms with Crippen LogP contribution < -0.4 is 0 Å². The number of carbonyl (C=O) groups excluding carboxylic acids is 1. The van der Waals surface area contributed by atoms with Crippen molar-refractivity contribution in [2.75, 3.05) is 6.54 Å². The molecule has 4 nitrogen and oxygen atoms in total. The van der Waals surface area contributed by atoms with E-state index in [-0.39, 0.29) is 12.1 Å².